The Hall–Kier alpha value is -1.46. The number of ether oxygens (including phenoxy) is 1. The van der Waals surface area contributed by atoms with Gasteiger partial charge in [-0.25, -0.2) is 0 Å². The van der Waals surface area contributed by atoms with Gasteiger partial charge in [-0.15, -0.1) is 0 Å². The number of amides is 1. The fourth-order valence-corrected chi connectivity index (χ4v) is 2.77. The SMILES string of the molecule is COC(=O)C1CCCN(C(=O)c2cc(N)c(Cl)c(Cl)c2)C1. The van der Waals surface area contributed by atoms with Gasteiger partial charge >= 0.3 is 5.97 Å². The van der Waals surface area contributed by atoms with Crippen LogP contribution in [-0.4, -0.2) is 37.0 Å². The molecule has 1 fully saturated rings. The molecular formula is C14H16Cl2N2O3. The zero-order valence-corrected chi connectivity index (χ0v) is 13.1. The average Bonchev–Trinajstić information content (AvgIpc) is 2.50. The predicted octanol–water partition coefficient (Wildman–Crippen LogP) is 2.60. The lowest BCUT2D eigenvalue weighted by Gasteiger charge is -2.31. The lowest BCUT2D eigenvalue weighted by molar-refractivity contribution is -0.146. The van der Waals surface area contributed by atoms with Crippen LogP contribution in [0.3, 0.4) is 0 Å². The number of halogens is 2. The smallest absolute Gasteiger partial charge is 0.310 e. The molecule has 1 amide bonds. The normalized spacial score (nSPS) is 18.4. The highest BCUT2D eigenvalue weighted by Crippen LogP contribution is 2.30. The number of piperidine rings is 1. The van der Waals surface area contributed by atoms with Crippen molar-refractivity contribution >= 4 is 40.8 Å². The minimum absolute atomic E-state index is 0.214. The highest BCUT2D eigenvalue weighted by Gasteiger charge is 2.29. The minimum atomic E-state index is -0.291. The van der Waals surface area contributed by atoms with E-state index >= 15 is 0 Å². The lowest BCUT2D eigenvalue weighted by atomic mass is 9.97. The summed E-state index contributed by atoms with van der Waals surface area (Å²) < 4.78 is 4.74. The predicted molar refractivity (Wildman–Crippen MR) is 81.5 cm³/mol. The van der Waals surface area contributed by atoms with Crippen molar-refractivity contribution in [3.05, 3.63) is 27.7 Å². The van der Waals surface area contributed by atoms with Crippen LogP contribution in [0.2, 0.25) is 10.0 Å². The van der Waals surface area contributed by atoms with Crippen LogP contribution in [0.15, 0.2) is 12.1 Å². The van der Waals surface area contributed by atoms with E-state index in [1.165, 1.54) is 19.2 Å². The number of carbonyl (C=O) groups is 2. The van der Waals surface area contributed by atoms with Gasteiger partial charge in [0.15, 0.2) is 0 Å². The molecule has 1 aromatic carbocycles. The lowest BCUT2D eigenvalue weighted by Crippen LogP contribution is -2.42. The van der Waals surface area contributed by atoms with Crippen molar-refractivity contribution in [2.24, 2.45) is 5.92 Å². The second-order valence-corrected chi connectivity index (χ2v) is 5.76. The first kappa shape index (κ1) is 15.9. The fourth-order valence-electron chi connectivity index (χ4n) is 2.44. The highest BCUT2D eigenvalue weighted by atomic mass is 35.5. The number of hydrogen-bond acceptors (Lipinski definition) is 4. The van der Waals surface area contributed by atoms with Crippen LogP contribution < -0.4 is 5.73 Å². The van der Waals surface area contributed by atoms with Gasteiger partial charge in [0.2, 0.25) is 0 Å². The van der Waals surface area contributed by atoms with Gasteiger partial charge in [-0.05, 0) is 25.0 Å². The molecule has 1 heterocycles. The molecule has 1 aliphatic rings. The molecule has 0 spiro atoms. The monoisotopic (exact) mass is 330 g/mol. The van der Waals surface area contributed by atoms with Gasteiger partial charge in [0.25, 0.3) is 5.91 Å². The molecule has 5 nitrogen and oxygen atoms in total. The van der Waals surface area contributed by atoms with E-state index in [2.05, 4.69) is 0 Å². The third-order valence-corrected chi connectivity index (χ3v) is 4.36. The van der Waals surface area contributed by atoms with E-state index < -0.39 is 0 Å². The van der Waals surface area contributed by atoms with E-state index in [4.69, 9.17) is 33.7 Å². The maximum absolute atomic E-state index is 12.5. The van der Waals surface area contributed by atoms with Gasteiger partial charge in [-0.3, -0.25) is 9.59 Å². The Morgan fingerprint density at radius 2 is 2.10 bits per heavy atom. The Kier molecular flexibility index (Phi) is 4.96. The van der Waals surface area contributed by atoms with E-state index in [1.807, 2.05) is 0 Å². The van der Waals surface area contributed by atoms with E-state index in [9.17, 15) is 9.59 Å². The number of esters is 1. The second-order valence-electron chi connectivity index (χ2n) is 4.97. The number of methoxy groups -OCH3 is 1. The summed E-state index contributed by atoms with van der Waals surface area (Å²) >= 11 is 11.8. The van der Waals surface area contributed by atoms with Gasteiger partial charge in [-0.1, -0.05) is 23.2 Å². The molecule has 7 heteroatoms. The Morgan fingerprint density at radius 3 is 2.71 bits per heavy atom. The van der Waals surface area contributed by atoms with E-state index in [-0.39, 0.29) is 33.5 Å². The van der Waals surface area contributed by atoms with Crippen LogP contribution >= 0.6 is 23.2 Å². The molecule has 1 unspecified atom stereocenters. The molecule has 0 aliphatic carbocycles. The van der Waals surface area contributed by atoms with Crippen molar-refractivity contribution in [1.29, 1.82) is 0 Å². The van der Waals surface area contributed by atoms with E-state index in [0.29, 0.717) is 18.7 Å². The molecule has 114 valence electrons. The van der Waals surface area contributed by atoms with Crippen molar-refractivity contribution in [2.45, 2.75) is 12.8 Å². The first-order valence-corrected chi connectivity index (χ1v) is 7.31. The number of nitrogens with two attached hydrogens (primary N) is 1. The summed E-state index contributed by atoms with van der Waals surface area (Å²) in [6.07, 6.45) is 1.47. The van der Waals surface area contributed by atoms with Crippen molar-refractivity contribution in [3.8, 4) is 0 Å². The molecule has 0 bridgehead atoms. The first-order chi connectivity index (χ1) is 9.93. The number of likely N-dealkylation sites (tertiary alicyclic amines) is 1. The van der Waals surface area contributed by atoms with Crippen molar-refractivity contribution < 1.29 is 14.3 Å². The quantitative estimate of drug-likeness (QED) is 0.668. The number of rotatable bonds is 2. The summed E-state index contributed by atoms with van der Waals surface area (Å²) in [6, 6.07) is 2.99. The summed E-state index contributed by atoms with van der Waals surface area (Å²) in [5.41, 5.74) is 6.35. The minimum Gasteiger partial charge on any atom is -0.469 e. The van der Waals surface area contributed by atoms with E-state index in [0.717, 1.165) is 12.8 Å². The van der Waals surface area contributed by atoms with Gasteiger partial charge in [0, 0.05) is 18.7 Å². The summed E-state index contributed by atoms with van der Waals surface area (Å²) in [6.45, 7) is 0.929. The zero-order chi connectivity index (χ0) is 15.6. The third-order valence-electron chi connectivity index (χ3n) is 3.55. The van der Waals surface area contributed by atoms with Crippen LogP contribution in [0.4, 0.5) is 5.69 Å². The molecule has 0 aromatic heterocycles. The molecule has 1 saturated heterocycles. The molecule has 1 aliphatic heterocycles. The van der Waals surface area contributed by atoms with Crippen LogP contribution in [0.1, 0.15) is 23.2 Å². The zero-order valence-electron chi connectivity index (χ0n) is 11.6. The Labute approximate surface area is 132 Å². The van der Waals surface area contributed by atoms with Crippen LogP contribution in [0, 0.1) is 5.92 Å². The molecule has 1 aromatic rings. The molecule has 21 heavy (non-hydrogen) atoms. The number of carbonyl (C=O) groups excluding carboxylic acids is 2. The van der Waals surface area contributed by atoms with Crippen molar-refractivity contribution in [2.75, 3.05) is 25.9 Å². The number of nitrogen functional groups attached to an aromatic ring is 1. The molecular weight excluding hydrogens is 315 g/mol. The van der Waals surface area contributed by atoms with Crippen molar-refractivity contribution in [3.63, 3.8) is 0 Å². The molecule has 0 radical (unpaired) electrons. The largest absolute Gasteiger partial charge is 0.469 e. The van der Waals surface area contributed by atoms with Gasteiger partial charge < -0.3 is 15.4 Å². The second kappa shape index (κ2) is 6.54. The summed E-state index contributed by atoms with van der Waals surface area (Å²) in [5, 5.41) is 0.473. The standard InChI is InChI=1S/C14H16Cl2N2O3/c1-21-14(20)8-3-2-4-18(7-8)13(19)9-5-10(15)12(16)11(17)6-9/h5-6,8H,2-4,7,17H2,1H3. The Balaban J connectivity index is 2.18. The van der Waals surface area contributed by atoms with Crippen LogP contribution in [0.5, 0.6) is 0 Å². The average molecular weight is 331 g/mol. The Bertz CT molecular complexity index is 554. The summed E-state index contributed by atoms with van der Waals surface area (Å²) in [5.74, 6) is -0.789. The number of anilines is 1. The number of benzene rings is 1. The van der Waals surface area contributed by atoms with Gasteiger partial charge in [0.05, 0.1) is 28.8 Å². The van der Waals surface area contributed by atoms with Crippen molar-refractivity contribution in [1.82, 2.24) is 4.90 Å². The Morgan fingerprint density at radius 1 is 1.38 bits per heavy atom. The summed E-state index contributed by atoms with van der Waals surface area (Å²) in [4.78, 5) is 25.7. The molecule has 0 saturated carbocycles. The van der Waals surface area contributed by atoms with Crippen LogP contribution in [-0.2, 0) is 9.53 Å². The maximum Gasteiger partial charge on any atom is 0.310 e. The molecule has 2 N–H and O–H groups in total. The molecule has 1 atom stereocenters. The first-order valence-electron chi connectivity index (χ1n) is 6.55. The fraction of sp³-hybridized carbons (Fsp3) is 0.429. The third kappa shape index (κ3) is 3.41. The van der Waals surface area contributed by atoms with E-state index in [1.54, 1.807) is 4.90 Å². The van der Waals surface area contributed by atoms with Gasteiger partial charge in [0.1, 0.15) is 0 Å². The van der Waals surface area contributed by atoms with Gasteiger partial charge in [-0.2, -0.15) is 0 Å². The summed E-state index contributed by atoms with van der Waals surface area (Å²) in [7, 11) is 1.35. The van der Waals surface area contributed by atoms with Crippen LogP contribution in [0.25, 0.3) is 0 Å². The topological polar surface area (TPSA) is 72.6 Å². The number of nitrogens with zero attached hydrogens (tertiary/aromatic N) is 1. The highest BCUT2D eigenvalue weighted by molar-refractivity contribution is 6.43. The molecule has 2 rings (SSSR count). The maximum atomic E-state index is 12.5. The number of hydrogen-bond donors (Lipinski definition) is 1.